The molecule has 0 N–H and O–H groups in total. The van der Waals surface area contributed by atoms with Gasteiger partial charge in [0.2, 0.25) is 0 Å². The van der Waals surface area contributed by atoms with E-state index in [0.717, 1.165) is 12.8 Å². The van der Waals surface area contributed by atoms with E-state index in [1.165, 1.54) is 22.8 Å². The van der Waals surface area contributed by atoms with Crippen LogP contribution < -0.4 is 0 Å². The molecular formula is C23H29NO2. The summed E-state index contributed by atoms with van der Waals surface area (Å²) in [5, 5.41) is 2.50. The van der Waals surface area contributed by atoms with Crippen molar-refractivity contribution in [2.75, 3.05) is 7.05 Å². The Labute approximate surface area is 156 Å². The molecule has 2 aromatic rings. The highest BCUT2D eigenvalue weighted by molar-refractivity contribution is 5.83. The Hall–Kier alpha value is -1.87. The van der Waals surface area contributed by atoms with Crippen LogP contribution in [0.25, 0.3) is 10.8 Å². The van der Waals surface area contributed by atoms with Gasteiger partial charge in [-0.15, -0.1) is 0 Å². The summed E-state index contributed by atoms with van der Waals surface area (Å²) in [6.07, 6.45) is 3.31. The van der Waals surface area contributed by atoms with E-state index in [9.17, 15) is 4.79 Å². The topological polar surface area (TPSA) is 29.5 Å². The summed E-state index contributed by atoms with van der Waals surface area (Å²) in [4.78, 5) is 15.6. The standard InChI is InChI=1S/C23H29NO2/c1-23(2,3)26-22(25)21-19(14-18-11-12-20(21)24(18)4)17-10-9-15-7-5-6-8-16(15)13-17/h5-10,13,18-21H,11-12,14H2,1-4H3/t18-,19+,20+,21+/m0/s1. The first-order valence-corrected chi connectivity index (χ1v) is 9.77. The molecule has 3 nitrogen and oxygen atoms in total. The van der Waals surface area contributed by atoms with Crippen molar-refractivity contribution in [1.29, 1.82) is 0 Å². The molecule has 3 heteroatoms. The van der Waals surface area contributed by atoms with E-state index in [0.29, 0.717) is 12.1 Å². The fourth-order valence-electron chi connectivity index (χ4n) is 4.94. The van der Waals surface area contributed by atoms with Crippen LogP contribution >= 0.6 is 0 Å². The Morgan fingerprint density at radius 2 is 1.81 bits per heavy atom. The molecule has 2 aliphatic rings. The van der Waals surface area contributed by atoms with Gasteiger partial charge in [0.15, 0.2) is 0 Å². The van der Waals surface area contributed by atoms with Gasteiger partial charge in [-0.1, -0.05) is 42.5 Å². The SMILES string of the molecule is CN1[C@H]2CC[C@@H]1[C@H](C(=O)OC(C)(C)C)[C@@H](c1ccc3ccccc3c1)C2. The molecule has 26 heavy (non-hydrogen) atoms. The number of rotatable bonds is 2. The summed E-state index contributed by atoms with van der Waals surface area (Å²) in [5.41, 5.74) is 0.837. The second kappa shape index (κ2) is 6.38. The summed E-state index contributed by atoms with van der Waals surface area (Å²) in [6, 6.07) is 16.0. The van der Waals surface area contributed by atoms with Crippen LogP contribution in [0, 0.1) is 5.92 Å². The van der Waals surface area contributed by atoms with Crippen molar-refractivity contribution in [2.24, 2.45) is 5.92 Å². The van der Waals surface area contributed by atoms with E-state index in [2.05, 4.69) is 54.4 Å². The number of benzene rings is 2. The van der Waals surface area contributed by atoms with Crippen LogP contribution in [0.2, 0.25) is 0 Å². The quantitative estimate of drug-likeness (QED) is 0.732. The van der Waals surface area contributed by atoms with Gasteiger partial charge in [0.25, 0.3) is 0 Å². The van der Waals surface area contributed by atoms with Gasteiger partial charge in [0, 0.05) is 18.0 Å². The molecule has 0 aromatic heterocycles. The molecule has 0 unspecified atom stereocenters. The third-order valence-electron chi connectivity index (χ3n) is 6.15. The van der Waals surface area contributed by atoms with Gasteiger partial charge in [-0.2, -0.15) is 0 Å². The number of fused-ring (bicyclic) bond motifs is 3. The Morgan fingerprint density at radius 3 is 2.54 bits per heavy atom. The predicted molar refractivity (Wildman–Crippen MR) is 105 cm³/mol. The van der Waals surface area contributed by atoms with Crippen molar-refractivity contribution in [3.05, 3.63) is 48.0 Å². The smallest absolute Gasteiger partial charge is 0.311 e. The van der Waals surface area contributed by atoms with Gasteiger partial charge >= 0.3 is 5.97 Å². The Kier molecular flexibility index (Phi) is 4.31. The summed E-state index contributed by atoms with van der Waals surface area (Å²) in [5.74, 6) is 0.121. The molecule has 138 valence electrons. The van der Waals surface area contributed by atoms with E-state index in [1.807, 2.05) is 20.8 Å². The lowest BCUT2D eigenvalue weighted by Gasteiger charge is -2.42. The molecule has 4 atom stereocenters. The highest BCUT2D eigenvalue weighted by atomic mass is 16.6. The Morgan fingerprint density at radius 1 is 1.08 bits per heavy atom. The number of carbonyl (C=O) groups excluding carboxylic acids is 1. The van der Waals surface area contributed by atoms with Crippen molar-refractivity contribution >= 4 is 16.7 Å². The van der Waals surface area contributed by atoms with Crippen LogP contribution in [0.15, 0.2) is 42.5 Å². The molecule has 2 aliphatic heterocycles. The number of carbonyl (C=O) groups is 1. The highest BCUT2D eigenvalue weighted by Crippen LogP contribution is 2.47. The summed E-state index contributed by atoms with van der Waals surface area (Å²) >= 11 is 0. The summed E-state index contributed by atoms with van der Waals surface area (Å²) < 4.78 is 5.85. The van der Waals surface area contributed by atoms with E-state index < -0.39 is 5.60 Å². The van der Waals surface area contributed by atoms with Gasteiger partial charge in [-0.05, 0) is 63.4 Å². The maximum absolute atomic E-state index is 13.1. The van der Waals surface area contributed by atoms with E-state index in [-0.39, 0.29) is 17.8 Å². The van der Waals surface area contributed by atoms with Crippen molar-refractivity contribution in [2.45, 2.75) is 63.6 Å². The first-order chi connectivity index (χ1) is 12.3. The molecule has 2 heterocycles. The summed E-state index contributed by atoms with van der Waals surface area (Å²) in [6.45, 7) is 5.87. The fraction of sp³-hybridized carbons (Fsp3) is 0.522. The number of ether oxygens (including phenoxy) is 1. The molecular weight excluding hydrogens is 322 g/mol. The predicted octanol–water partition coefficient (Wildman–Crippen LogP) is 4.75. The Bertz CT molecular complexity index is 822. The number of hydrogen-bond donors (Lipinski definition) is 0. The zero-order chi connectivity index (χ0) is 18.5. The van der Waals surface area contributed by atoms with Gasteiger partial charge in [-0.3, -0.25) is 9.69 Å². The third-order valence-corrected chi connectivity index (χ3v) is 6.15. The molecule has 0 saturated carbocycles. The second-order valence-corrected chi connectivity index (χ2v) is 8.97. The van der Waals surface area contributed by atoms with Crippen molar-refractivity contribution < 1.29 is 9.53 Å². The lowest BCUT2D eigenvalue weighted by Crippen LogP contribution is -2.50. The molecule has 0 spiro atoms. The molecule has 0 aliphatic carbocycles. The van der Waals surface area contributed by atoms with Gasteiger partial charge in [-0.25, -0.2) is 0 Å². The second-order valence-electron chi connectivity index (χ2n) is 8.97. The number of piperidine rings is 1. The highest BCUT2D eigenvalue weighted by Gasteiger charge is 2.50. The molecule has 4 rings (SSSR count). The first kappa shape index (κ1) is 17.5. The van der Waals surface area contributed by atoms with E-state index in [4.69, 9.17) is 4.74 Å². The van der Waals surface area contributed by atoms with Crippen LogP contribution in [0.5, 0.6) is 0 Å². The van der Waals surface area contributed by atoms with Crippen LogP contribution in [0.4, 0.5) is 0 Å². The molecule has 0 amide bonds. The van der Waals surface area contributed by atoms with Gasteiger partial charge in [0.1, 0.15) is 5.60 Å². The van der Waals surface area contributed by atoms with Crippen molar-refractivity contribution in [3.63, 3.8) is 0 Å². The largest absolute Gasteiger partial charge is 0.460 e. The minimum Gasteiger partial charge on any atom is -0.460 e. The Balaban J connectivity index is 1.72. The molecule has 2 bridgehead atoms. The number of nitrogens with zero attached hydrogens (tertiary/aromatic N) is 1. The average Bonchev–Trinajstić information content (AvgIpc) is 2.81. The van der Waals surface area contributed by atoms with Crippen LogP contribution in [0.3, 0.4) is 0 Å². The van der Waals surface area contributed by atoms with Crippen LogP contribution in [-0.4, -0.2) is 35.6 Å². The van der Waals surface area contributed by atoms with Crippen molar-refractivity contribution in [1.82, 2.24) is 4.90 Å². The monoisotopic (exact) mass is 351 g/mol. The van der Waals surface area contributed by atoms with Crippen molar-refractivity contribution in [3.8, 4) is 0 Å². The molecule has 2 aromatic carbocycles. The number of hydrogen-bond acceptors (Lipinski definition) is 3. The third kappa shape index (κ3) is 3.14. The molecule has 0 radical (unpaired) electrons. The minimum absolute atomic E-state index is 0.0344. The van der Waals surface area contributed by atoms with Gasteiger partial charge < -0.3 is 4.74 Å². The zero-order valence-electron chi connectivity index (χ0n) is 16.2. The van der Waals surface area contributed by atoms with Crippen LogP contribution in [0.1, 0.15) is 51.5 Å². The van der Waals surface area contributed by atoms with E-state index in [1.54, 1.807) is 0 Å². The average molecular weight is 351 g/mol. The maximum atomic E-state index is 13.1. The van der Waals surface area contributed by atoms with Crippen LogP contribution in [-0.2, 0) is 9.53 Å². The fourth-order valence-corrected chi connectivity index (χ4v) is 4.94. The van der Waals surface area contributed by atoms with Gasteiger partial charge in [0.05, 0.1) is 5.92 Å². The molecule has 2 saturated heterocycles. The summed E-state index contributed by atoms with van der Waals surface area (Å²) in [7, 11) is 2.18. The first-order valence-electron chi connectivity index (χ1n) is 9.77. The lowest BCUT2D eigenvalue weighted by atomic mass is 9.75. The normalized spacial score (nSPS) is 29.1. The zero-order valence-corrected chi connectivity index (χ0v) is 16.2. The molecule has 2 fully saturated rings. The number of esters is 1. The lowest BCUT2D eigenvalue weighted by molar-refractivity contribution is -0.164. The maximum Gasteiger partial charge on any atom is 0.311 e. The minimum atomic E-state index is -0.445. The van der Waals surface area contributed by atoms with E-state index >= 15 is 0 Å².